The molecule has 3 nitrogen and oxygen atoms in total. The highest BCUT2D eigenvalue weighted by molar-refractivity contribution is 7.10. The zero-order valence-corrected chi connectivity index (χ0v) is 8.80. The summed E-state index contributed by atoms with van der Waals surface area (Å²) in [4.78, 5) is 12.0. The third kappa shape index (κ3) is 1.81. The number of hydrogen-bond donors (Lipinski definition) is 2. The number of rotatable bonds is 2. The van der Waals surface area contributed by atoms with E-state index in [4.69, 9.17) is 5.11 Å². The molecule has 0 radical (unpaired) electrons. The number of thiophene rings is 1. The standard InChI is InChI=1S/C10H13NO2S/c1-6-4-7(5-14-6)8-2-3-9(11-8)10(12)13/h4-5,8-9,11H,2-3H2,1H3,(H,12,13)/t8-,9-/m1/s1. The van der Waals surface area contributed by atoms with Gasteiger partial charge in [0.05, 0.1) is 0 Å². The lowest BCUT2D eigenvalue weighted by Crippen LogP contribution is -2.31. The van der Waals surface area contributed by atoms with Crippen LogP contribution in [0.5, 0.6) is 0 Å². The molecule has 2 atom stereocenters. The lowest BCUT2D eigenvalue weighted by atomic mass is 10.1. The van der Waals surface area contributed by atoms with E-state index < -0.39 is 5.97 Å². The maximum Gasteiger partial charge on any atom is 0.320 e. The number of nitrogens with one attached hydrogen (secondary N) is 1. The second kappa shape index (κ2) is 3.71. The van der Waals surface area contributed by atoms with Crippen molar-refractivity contribution in [1.82, 2.24) is 5.32 Å². The average molecular weight is 211 g/mol. The third-order valence-electron chi connectivity index (χ3n) is 2.60. The molecule has 1 aromatic rings. The molecule has 76 valence electrons. The Hall–Kier alpha value is -0.870. The van der Waals surface area contributed by atoms with Crippen LogP contribution in [0.3, 0.4) is 0 Å². The molecule has 0 spiro atoms. The Morgan fingerprint density at radius 2 is 2.43 bits per heavy atom. The minimum atomic E-state index is -0.737. The number of aryl methyl sites for hydroxylation is 1. The summed E-state index contributed by atoms with van der Waals surface area (Å²) in [5.41, 5.74) is 1.23. The maximum atomic E-state index is 10.7. The fraction of sp³-hybridized carbons (Fsp3) is 0.500. The molecule has 0 aromatic carbocycles. The minimum Gasteiger partial charge on any atom is -0.480 e. The first-order valence-electron chi connectivity index (χ1n) is 4.70. The fourth-order valence-electron chi connectivity index (χ4n) is 1.85. The SMILES string of the molecule is Cc1cc([C@H]2CC[C@H](C(=O)O)N2)cs1. The van der Waals surface area contributed by atoms with Crippen LogP contribution < -0.4 is 5.32 Å². The molecule has 2 heterocycles. The third-order valence-corrected chi connectivity index (χ3v) is 3.48. The van der Waals surface area contributed by atoms with Gasteiger partial charge in [0, 0.05) is 10.9 Å². The molecule has 2 N–H and O–H groups in total. The molecule has 0 unspecified atom stereocenters. The monoisotopic (exact) mass is 211 g/mol. The first kappa shape index (κ1) is 9.68. The van der Waals surface area contributed by atoms with Crippen molar-refractivity contribution in [2.24, 2.45) is 0 Å². The van der Waals surface area contributed by atoms with Crippen LogP contribution in [0.25, 0.3) is 0 Å². The number of aliphatic carboxylic acids is 1. The Morgan fingerprint density at radius 1 is 1.64 bits per heavy atom. The van der Waals surface area contributed by atoms with Gasteiger partial charge in [-0.15, -0.1) is 11.3 Å². The number of hydrogen-bond acceptors (Lipinski definition) is 3. The zero-order valence-electron chi connectivity index (χ0n) is 7.99. The Balaban J connectivity index is 2.05. The predicted octanol–water partition coefficient (Wildman–Crippen LogP) is 1.93. The highest BCUT2D eigenvalue weighted by Crippen LogP contribution is 2.29. The molecule has 0 saturated carbocycles. The van der Waals surface area contributed by atoms with Gasteiger partial charge in [0.2, 0.25) is 0 Å². The fourth-order valence-corrected chi connectivity index (χ4v) is 2.61. The first-order chi connectivity index (χ1) is 6.66. The topological polar surface area (TPSA) is 49.3 Å². The van der Waals surface area contributed by atoms with Crippen LogP contribution in [0, 0.1) is 6.92 Å². The van der Waals surface area contributed by atoms with Gasteiger partial charge in [-0.25, -0.2) is 0 Å². The van der Waals surface area contributed by atoms with Gasteiger partial charge in [-0.2, -0.15) is 0 Å². The second-order valence-electron chi connectivity index (χ2n) is 3.68. The molecule has 1 aliphatic rings. The van der Waals surface area contributed by atoms with Crippen LogP contribution >= 0.6 is 11.3 Å². The summed E-state index contributed by atoms with van der Waals surface area (Å²) in [6.45, 7) is 2.07. The highest BCUT2D eigenvalue weighted by Gasteiger charge is 2.29. The summed E-state index contributed by atoms with van der Waals surface area (Å²) in [6, 6.07) is 2.01. The van der Waals surface area contributed by atoms with Crippen LogP contribution in [-0.4, -0.2) is 17.1 Å². The maximum absolute atomic E-state index is 10.7. The van der Waals surface area contributed by atoms with Crippen molar-refractivity contribution in [2.45, 2.75) is 31.8 Å². The van der Waals surface area contributed by atoms with Gasteiger partial charge < -0.3 is 5.11 Å². The van der Waals surface area contributed by atoms with Gasteiger partial charge >= 0.3 is 5.97 Å². The van der Waals surface area contributed by atoms with Crippen LogP contribution in [0.4, 0.5) is 0 Å². The number of carbonyl (C=O) groups is 1. The predicted molar refractivity (Wildman–Crippen MR) is 55.6 cm³/mol. The summed E-state index contributed by atoms with van der Waals surface area (Å²) in [5.74, 6) is -0.737. The molecule has 0 aliphatic carbocycles. The second-order valence-corrected chi connectivity index (χ2v) is 4.79. The Kier molecular flexibility index (Phi) is 2.56. The van der Waals surface area contributed by atoms with E-state index >= 15 is 0 Å². The van der Waals surface area contributed by atoms with Gasteiger partial charge in [0.1, 0.15) is 6.04 Å². The quantitative estimate of drug-likeness (QED) is 0.786. The molecule has 14 heavy (non-hydrogen) atoms. The minimum absolute atomic E-state index is 0.237. The molecule has 1 aliphatic heterocycles. The number of carboxylic acids is 1. The Morgan fingerprint density at radius 3 is 2.93 bits per heavy atom. The van der Waals surface area contributed by atoms with Crippen molar-refractivity contribution >= 4 is 17.3 Å². The van der Waals surface area contributed by atoms with Crippen LogP contribution in [-0.2, 0) is 4.79 Å². The Bertz CT molecular complexity index is 348. The molecule has 1 fully saturated rings. The van der Waals surface area contributed by atoms with Gasteiger partial charge in [0.25, 0.3) is 0 Å². The van der Waals surface area contributed by atoms with E-state index in [1.807, 2.05) is 0 Å². The van der Waals surface area contributed by atoms with E-state index in [2.05, 4.69) is 23.7 Å². The van der Waals surface area contributed by atoms with E-state index in [-0.39, 0.29) is 12.1 Å². The summed E-state index contributed by atoms with van der Waals surface area (Å²) in [6.07, 6.45) is 1.65. The average Bonchev–Trinajstić information content (AvgIpc) is 2.70. The van der Waals surface area contributed by atoms with Gasteiger partial charge in [0.15, 0.2) is 0 Å². The molecule has 1 saturated heterocycles. The highest BCUT2D eigenvalue weighted by atomic mass is 32.1. The van der Waals surface area contributed by atoms with Crippen molar-refractivity contribution < 1.29 is 9.90 Å². The van der Waals surface area contributed by atoms with E-state index in [9.17, 15) is 4.79 Å². The molecule has 0 bridgehead atoms. The van der Waals surface area contributed by atoms with Crippen molar-refractivity contribution in [3.05, 3.63) is 21.9 Å². The lowest BCUT2D eigenvalue weighted by molar-refractivity contribution is -0.139. The summed E-state index contributed by atoms with van der Waals surface area (Å²) >= 11 is 1.71. The van der Waals surface area contributed by atoms with Crippen LogP contribution in [0.1, 0.15) is 29.3 Å². The van der Waals surface area contributed by atoms with Crippen molar-refractivity contribution in [3.63, 3.8) is 0 Å². The first-order valence-corrected chi connectivity index (χ1v) is 5.58. The van der Waals surface area contributed by atoms with Crippen molar-refractivity contribution in [2.75, 3.05) is 0 Å². The van der Waals surface area contributed by atoms with Gasteiger partial charge in [-0.3, -0.25) is 10.1 Å². The van der Waals surface area contributed by atoms with Crippen molar-refractivity contribution in [1.29, 1.82) is 0 Å². The van der Waals surface area contributed by atoms with E-state index in [1.165, 1.54) is 10.4 Å². The lowest BCUT2D eigenvalue weighted by Gasteiger charge is -2.09. The summed E-state index contributed by atoms with van der Waals surface area (Å²) < 4.78 is 0. The molecule has 0 amide bonds. The van der Waals surface area contributed by atoms with Crippen molar-refractivity contribution in [3.8, 4) is 0 Å². The van der Waals surface area contributed by atoms with Crippen LogP contribution in [0.2, 0.25) is 0 Å². The molecule has 1 aromatic heterocycles. The largest absolute Gasteiger partial charge is 0.480 e. The van der Waals surface area contributed by atoms with Crippen LogP contribution in [0.15, 0.2) is 11.4 Å². The van der Waals surface area contributed by atoms with E-state index in [0.29, 0.717) is 0 Å². The van der Waals surface area contributed by atoms with E-state index in [0.717, 1.165) is 12.8 Å². The normalized spacial score (nSPS) is 26.6. The smallest absolute Gasteiger partial charge is 0.320 e. The molecule has 4 heteroatoms. The van der Waals surface area contributed by atoms with E-state index in [1.54, 1.807) is 11.3 Å². The molecule has 2 rings (SSSR count). The summed E-state index contributed by atoms with van der Waals surface area (Å²) in [5, 5.41) is 14.1. The number of carboxylic acid groups (broad SMARTS) is 1. The zero-order chi connectivity index (χ0) is 10.1. The molecular weight excluding hydrogens is 198 g/mol. The van der Waals surface area contributed by atoms with Gasteiger partial charge in [-0.05, 0) is 36.8 Å². The molecular formula is C10H13NO2S. The Labute approximate surface area is 86.8 Å². The summed E-state index contributed by atoms with van der Waals surface area (Å²) in [7, 11) is 0. The van der Waals surface area contributed by atoms with Gasteiger partial charge in [-0.1, -0.05) is 0 Å².